The molecule has 2 aromatic rings. The molecule has 2 fully saturated rings. The predicted molar refractivity (Wildman–Crippen MR) is 127 cm³/mol. The van der Waals surface area contributed by atoms with Crippen LogP contribution in [0.15, 0.2) is 48.7 Å². The van der Waals surface area contributed by atoms with Crippen LogP contribution in [0.5, 0.6) is 0 Å². The summed E-state index contributed by atoms with van der Waals surface area (Å²) in [5.41, 5.74) is 0.848. The third-order valence-corrected chi connectivity index (χ3v) is 7.55. The van der Waals surface area contributed by atoms with E-state index in [9.17, 15) is 23.9 Å². The molecule has 1 atom stereocenters. The lowest BCUT2D eigenvalue weighted by molar-refractivity contribution is -0.125. The third kappa shape index (κ3) is 4.16. The summed E-state index contributed by atoms with van der Waals surface area (Å²) in [5.74, 6) is -1.91. The summed E-state index contributed by atoms with van der Waals surface area (Å²) in [7, 11) is 0. The van der Waals surface area contributed by atoms with Crippen molar-refractivity contribution in [1.29, 1.82) is 0 Å². The van der Waals surface area contributed by atoms with Gasteiger partial charge in [-0.25, -0.2) is 4.39 Å². The second-order valence-electron chi connectivity index (χ2n) is 9.41. The van der Waals surface area contributed by atoms with Gasteiger partial charge in [-0.15, -0.1) is 0 Å². The molecule has 3 aliphatic rings. The van der Waals surface area contributed by atoms with E-state index in [1.807, 2.05) is 0 Å². The first-order chi connectivity index (χ1) is 16.7. The van der Waals surface area contributed by atoms with Gasteiger partial charge in [-0.2, -0.15) is 0 Å². The Labute approximate surface area is 207 Å². The molecule has 0 aromatic heterocycles. The molecular formula is C26H25ClFN3O4. The number of halogens is 2. The highest BCUT2D eigenvalue weighted by Gasteiger charge is 2.47. The van der Waals surface area contributed by atoms with Gasteiger partial charge in [0.2, 0.25) is 5.91 Å². The van der Waals surface area contributed by atoms with E-state index in [0.29, 0.717) is 56.6 Å². The average molecular weight is 498 g/mol. The van der Waals surface area contributed by atoms with Gasteiger partial charge in [-0.05, 0) is 49.4 Å². The smallest absolute Gasteiger partial charge is 0.263 e. The number of allylic oxidation sites excluding steroid dienone is 1. The minimum Gasteiger partial charge on any atom is -0.385 e. The first kappa shape index (κ1) is 23.7. The Kier molecular flexibility index (Phi) is 5.99. The Morgan fingerprint density at radius 1 is 1.09 bits per heavy atom. The van der Waals surface area contributed by atoms with Gasteiger partial charge in [0.15, 0.2) is 0 Å². The van der Waals surface area contributed by atoms with Gasteiger partial charge in [0.1, 0.15) is 11.9 Å². The zero-order valence-electron chi connectivity index (χ0n) is 19.0. The van der Waals surface area contributed by atoms with Crippen LogP contribution < -0.4 is 5.32 Å². The number of imide groups is 1. The standard InChI is InChI=1S/C26H25ClFN3O4/c1-15-2-9-20(23(32)29-15)31-24(33)18-7-8-19(22(27)21(18)25(31)34)26(35)10-12-30(13-11-26)14-16-3-5-17(28)6-4-16/h3-8,20,35H,1-2,9-14H2,(H,29,32). The van der Waals surface area contributed by atoms with Crippen LogP contribution in [0.2, 0.25) is 5.02 Å². The summed E-state index contributed by atoms with van der Waals surface area (Å²) in [6.07, 6.45) is 1.53. The largest absolute Gasteiger partial charge is 0.385 e. The van der Waals surface area contributed by atoms with Gasteiger partial charge in [0.05, 0.1) is 21.8 Å². The highest BCUT2D eigenvalue weighted by atomic mass is 35.5. The van der Waals surface area contributed by atoms with Crippen LogP contribution in [0.4, 0.5) is 4.39 Å². The number of aliphatic hydroxyl groups is 1. The molecule has 9 heteroatoms. The van der Waals surface area contributed by atoms with Crippen molar-refractivity contribution in [2.45, 2.75) is 43.9 Å². The molecule has 0 saturated carbocycles. The number of nitrogens with zero attached hydrogens (tertiary/aromatic N) is 2. The van der Waals surface area contributed by atoms with E-state index in [1.165, 1.54) is 18.2 Å². The highest BCUT2D eigenvalue weighted by molar-refractivity contribution is 6.38. The van der Waals surface area contributed by atoms with Crippen molar-refractivity contribution < 1.29 is 23.9 Å². The molecule has 3 heterocycles. The molecule has 7 nitrogen and oxygen atoms in total. The molecule has 2 saturated heterocycles. The van der Waals surface area contributed by atoms with Crippen LogP contribution in [0, 0.1) is 5.82 Å². The molecule has 3 amide bonds. The molecule has 0 aliphatic carbocycles. The Morgan fingerprint density at radius 3 is 2.43 bits per heavy atom. The number of fused-ring (bicyclic) bond motifs is 1. The monoisotopic (exact) mass is 497 g/mol. The number of benzene rings is 2. The minimum absolute atomic E-state index is 0.0357. The molecule has 0 bridgehead atoms. The highest BCUT2D eigenvalue weighted by Crippen LogP contribution is 2.42. The second kappa shape index (κ2) is 8.86. The number of amides is 3. The van der Waals surface area contributed by atoms with E-state index < -0.39 is 29.4 Å². The maximum Gasteiger partial charge on any atom is 0.263 e. The predicted octanol–water partition coefficient (Wildman–Crippen LogP) is 3.35. The first-order valence-corrected chi connectivity index (χ1v) is 11.9. The average Bonchev–Trinajstić information content (AvgIpc) is 3.08. The zero-order valence-corrected chi connectivity index (χ0v) is 19.8. The normalized spacial score (nSPS) is 22.4. The van der Waals surface area contributed by atoms with Crippen molar-refractivity contribution in [3.63, 3.8) is 0 Å². The number of carbonyl (C=O) groups excluding carboxylic acids is 3. The fourth-order valence-corrected chi connectivity index (χ4v) is 5.58. The number of hydrogen-bond acceptors (Lipinski definition) is 5. The van der Waals surface area contributed by atoms with Crippen molar-refractivity contribution in [3.8, 4) is 0 Å². The summed E-state index contributed by atoms with van der Waals surface area (Å²) in [6.45, 7) is 5.52. The van der Waals surface area contributed by atoms with Crippen LogP contribution in [-0.4, -0.2) is 51.8 Å². The van der Waals surface area contributed by atoms with Crippen LogP contribution in [0.25, 0.3) is 0 Å². The number of carbonyl (C=O) groups is 3. The number of piperidine rings is 2. The maximum atomic E-state index is 13.3. The van der Waals surface area contributed by atoms with Crippen molar-refractivity contribution in [3.05, 3.63) is 81.8 Å². The summed E-state index contributed by atoms with van der Waals surface area (Å²) in [5, 5.41) is 14.1. The van der Waals surface area contributed by atoms with Gasteiger partial charge in [0, 0.05) is 30.9 Å². The first-order valence-electron chi connectivity index (χ1n) is 11.6. The quantitative estimate of drug-likeness (QED) is 0.632. The van der Waals surface area contributed by atoms with E-state index in [0.717, 1.165) is 10.5 Å². The number of likely N-dealkylation sites (tertiary alicyclic amines) is 1. The molecule has 0 radical (unpaired) electrons. The summed E-state index contributed by atoms with van der Waals surface area (Å²) >= 11 is 6.66. The van der Waals surface area contributed by atoms with Crippen molar-refractivity contribution in [2.75, 3.05) is 13.1 Å². The van der Waals surface area contributed by atoms with Crippen LogP contribution >= 0.6 is 11.6 Å². The lowest BCUT2D eigenvalue weighted by Gasteiger charge is -2.39. The molecule has 182 valence electrons. The van der Waals surface area contributed by atoms with E-state index in [4.69, 9.17) is 11.6 Å². The summed E-state index contributed by atoms with van der Waals surface area (Å²) in [6, 6.07) is 8.52. The number of hydrogen-bond donors (Lipinski definition) is 2. The number of nitrogens with one attached hydrogen (secondary N) is 1. The van der Waals surface area contributed by atoms with Crippen molar-refractivity contribution in [1.82, 2.24) is 15.1 Å². The summed E-state index contributed by atoms with van der Waals surface area (Å²) < 4.78 is 13.2. The molecule has 35 heavy (non-hydrogen) atoms. The third-order valence-electron chi connectivity index (χ3n) is 7.16. The topological polar surface area (TPSA) is 90.0 Å². The van der Waals surface area contributed by atoms with Crippen molar-refractivity contribution >= 4 is 29.3 Å². The minimum atomic E-state index is -1.26. The lowest BCUT2D eigenvalue weighted by atomic mass is 9.83. The Hall–Kier alpha value is -3.07. The van der Waals surface area contributed by atoms with E-state index >= 15 is 0 Å². The summed E-state index contributed by atoms with van der Waals surface area (Å²) in [4.78, 5) is 41.9. The zero-order chi connectivity index (χ0) is 24.9. The molecule has 5 rings (SSSR count). The van der Waals surface area contributed by atoms with Gasteiger partial charge >= 0.3 is 0 Å². The maximum absolute atomic E-state index is 13.3. The number of rotatable bonds is 4. The molecule has 3 aliphatic heterocycles. The van der Waals surface area contributed by atoms with E-state index in [1.54, 1.807) is 18.2 Å². The lowest BCUT2D eigenvalue weighted by Crippen LogP contribution is -2.51. The van der Waals surface area contributed by atoms with Crippen LogP contribution in [0.1, 0.15) is 57.5 Å². The molecule has 2 aromatic carbocycles. The Balaban J connectivity index is 1.35. The fraction of sp³-hybridized carbons (Fsp3) is 0.346. The molecule has 1 unspecified atom stereocenters. The van der Waals surface area contributed by atoms with E-state index in [2.05, 4.69) is 16.8 Å². The van der Waals surface area contributed by atoms with Crippen LogP contribution in [0.3, 0.4) is 0 Å². The van der Waals surface area contributed by atoms with Gasteiger partial charge in [-0.1, -0.05) is 36.4 Å². The Bertz CT molecular complexity index is 1240. The molecule has 0 spiro atoms. The van der Waals surface area contributed by atoms with Crippen LogP contribution in [-0.2, 0) is 16.9 Å². The van der Waals surface area contributed by atoms with Gasteiger partial charge < -0.3 is 10.4 Å². The van der Waals surface area contributed by atoms with Crippen molar-refractivity contribution in [2.24, 2.45) is 0 Å². The van der Waals surface area contributed by atoms with Gasteiger partial charge in [0.25, 0.3) is 11.8 Å². The SMILES string of the molecule is C=C1CCC(N2C(=O)c3ccc(C4(O)CCN(Cc5ccc(F)cc5)CC4)c(Cl)c3C2=O)C(=O)N1. The van der Waals surface area contributed by atoms with Gasteiger partial charge in [-0.3, -0.25) is 24.2 Å². The Morgan fingerprint density at radius 2 is 1.77 bits per heavy atom. The fourth-order valence-electron chi connectivity index (χ4n) is 5.16. The second-order valence-corrected chi connectivity index (χ2v) is 9.79. The molecule has 2 N–H and O–H groups in total. The van der Waals surface area contributed by atoms with E-state index in [-0.39, 0.29) is 22.0 Å². The molecular weight excluding hydrogens is 473 g/mol.